The molecule has 0 bridgehead atoms. The molecule has 0 atom stereocenters. The normalized spacial score (nSPS) is 11.6. The fourth-order valence-electron chi connectivity index (χ4n) is 4.13. The summed E-state index contributed by atoms with van der Waals surface area (Å²) < 4.78 is 40.6. The maximum atomic E-state index is 14.2. The number of aryl methyl sites for hydroxylation is 2. The van der Waals surface area contributed by atoms with E-state index in [1.54, 1.807) is 42.5 Å². The number of nitrogens with one attached hydrogen (secondary N) is 3. The van der Waals surface area contributed by atoms with Gasteiger partial charge in [-0.3, -0.25) is 4.79 Å². The van der Waals surface area contributed by atoms with Crippen LogP contribution in [0.5, 0.6) is 0 Å². The minimum atomic E-state index is -3.54. The van der Waals surface area contributed by atoms with Crippen molar-refractivity contribution in [2.24, 2.45) is 0 Å². The van der Waals surface area contributed by atoms with Gasteiger partial charge in [-0.05, 0) is 79.9 Å². The van der Waals surface area contributed by atoms with Gasteiger partial charge in [0.2, 0.25) is 10.0 Å². The number of fused-ring (bicyclic) bond motifs is 1. The van der Waals surface area contributed by atoms with Crippen molar-refractivity contribution < 1.29 is 17.6 Å². The number of aromatic amines is 1. The van der Waals surface area contributed by atoms with E-state index in [0.717, 1.165) is 33.3 Å². The van der Waals surface area contributed by atoms with Crippen LogP contribution in [0.15, 0.2) is 65.6 Å². The molecule has 1 aromatic heterocycles. The number of sulfonamides is 1. The molecule has 0 radical (unpaired) electrons. The average Bonchev–Trinajstić information content (AvgIpc) is 3.19. The Morgan fingerprint density at radius 1 is 1.00 bits per heavy atom. The van der Waals surface area contributed by atoms with Gasteiger partial charge < -0.3 is 10.3 Å². The topological polar surface area (TPSA) is 91.1 Å². The van der Waals surface area contributed by atoms with Gasteiger partial charge in [0, 0.05) is 23.2 Å². The second kappa shape index (κ2) is 9.40. The molecule has 4 rings (SSSR count). The Kier molecular flexibility index (Phi) is 6.54. The van der Waals surface area contributed by atoms with Gasteiger partial charge in [-0.15, -0.1) is 0 Å². The summed E-state index contributed by atoms with van der Waals surface area (Å²) in [6, 6.07) is 16.8. The van der Waals surface area contributed by atoms with Crippen LogP contribution in [0.25, 0.3) is 22.0 Å². The molecule has 4 aromatic rings. The van der Waals surface area contributed by atoms with Gasteiger partial charge >= 0.3 is 0 Å². The maximum absolute atomic E-state index is 14.2. The second-order valence-electron chi connectivity index (χ2n) is 8.16. The van der Waals surface area contributed by atoms with Crippen molar-refractivity contribution in [3.63, 3.8) is 0 Å². The highest BCUT2D eigenvalue weighted by Crippen LogP contribution is 2.28. The molecule has 8 heteroatoms. The van der Waals surface area contributed by atoms with Crippen LogP contribution in [0, 0.1) is 19.7 Å². The maximum Gasteiger partial charge on any atom is 0.251 e. The lowest BCUT2D eigenvalue weighted by Gasteiger charge is -2.09. The number of hydrogen-bond donors (Lipinski definition) is 3. The number of amides is 1. The van der Waals surface area contributed by atoms with Crippen LogP contribution in [-0.4, -0.2) is 32.9 Å². The summed E-state index contributed by atoms with van der Waals surface area (Å²) in [5.74, 6) is -0.494. The van der Waals surface area contributed by atoms with Gasteiger partial charge in [0.15, 0.2) is 0 Å². The molecule has 0 aliphatic rings. The fourth-order valence-corrected chi connectivity index (χ4v) is 4.91. The van der Waals surface area contributed by atoms with Gasteiger partial charge in [0.1, 0.15) is 5.82 Å². The number of benzene rings is 3. The Morgan fingerprint density at radius 3 is 2.44 bits per heavy atom. The summed E-state index contributed by atoms with van der Waals surface area (Å²) in [6.07, 6.45) is 0.576. The predicted octanol–water partition coefficient (Wildman–Crippen LogP) is 4.47. The molecule has 1 heterocycles. The van der Waals surface area contributed by atoms with Crippen LogP contribution < -0.4 is 10.0 Å². The van der Waals surface area contributed by atoms with Crippen molar-refractivity contribution in [1.82, 2.24) is 15.0 Å². The zero-order valence-electron chi connectivity index (χ0n) is 19.2. The molecule has 1 amide bonds. The van der Waals surface area contributed by atoms with Crippen molar-refractivity contribution in [2.45, 2.75) is 25.2 Å². The SMILES string of the molecule is CNS(=O)(=O)c1cccc(-c2ccc(C(=O)NCCc3c(C)[nH]c4c(F)ccc(C)c34)cc2)c1. The monoisotopic (exact) mass is 479 g/mol. The van der Waals surface area contributed by atoms with E-state index in [1.807, 2.05) is 19.9 Å². The second-order valence-corrected chi connectivity index (χ2v) is 10.0. The molecular formula is C26H26FN3O3S. The third kappa shape index (κ3) is 4.60. The molecule has 34 heavy (non-hydrogen) atoms. The minimum absolute atomic E-state index is 0.178. The van der Waals surface area contributed by atoms with Crippen molar-refractivity contribution in [1.29, 1.82) is 0 Å². The number of aromatic nitrogens is 1. The summed E-state index contributed by atoms with van der Waals surface area (Å²) in [5.41, 5.74) is 5.42. The van der Waals surface area contributed by atoms with Crippen molar-refractivity contribution in [3.05, 3.63) is 88.9 Å². The average molecular weight is 480 g/mol. The first-order chi connectivity index (χ1) is 16.2. The fraction of sp³-hybridized carbons (Fsp3) is 0.192. The zero-order chi connectivity index (χ0) is 24.5. The molecule has 0 spiro atoms. The Hall–Kier alpha value is -3.49. The van der Waals surface area contributed by atoms with Gasteiger partial charge in [-0.25, -0.2) is 17.5 Å². The highest BCUT2D eigenvalue weighted by Gasteiger charge is 2.15. The number of hydrogen-bond acceptors (Lipinski definition) is 3. The quantitative estimate of drug-likeness (QED) is 0.365. The highest BCUT2D eigenvalue weighted by atomic mass is 32.2. The molecule has 0 fully saturated rings. The highest BCUT2D eigenvalue weighted by molar-refractivity contribution is 7.89. The molecular weight excluding hydrogens is 453 g/mol. The molecule has 0 saturated carbocycles. The van der Waals surface area contributed by atoms with Crippen LogP contribution >= 0.6 is 0 Å². The van der Waals surface area contributed by atoms with Crippen LogP contribution in [0.4, 0.5) is 4.39 Å². The van der Waals surface area contributed by atoms with Crippen molar-refractivity contribution in [3.8, 4) is 11.1 Å². The van der Waals surface area contributed by atoms with E-state index >= 15 is 0 Å². The van der Waals surface area contributed by atoms with Gasteiger partial charge in [0.25, 0.3) is 5.91 Å². The smallest absolute Gasteiger partial charge is 0.251 e. The van der Waals surface area contributed by atoms with E-state index in [4.69, 9.17) is 0 Å². The minimum Gasteiger partial charge on any atom is -0.356 e. The molecule has 3 N–H and O–H groups in total. The number of H-pyrrole nitrogens is 1. The first-order valence-corrected chi connectivity index (χ1v) is 12.4. The molecule has 0 aliphatic carbocycles. The molecule has 6 nitrogen and oxygen atoms in total. The van der Waals surface area contributed by atoms with Crippen LogP contribution in [0.2, 0.25) is 0 Å². The molecule has 0 aliphatic heterocycles. The number of rotatable bonds is 7. The van der Waals surface area contributed by atoms with E-state index in [0.29, 0.717) is 24.0 Å². The van der Waals surface area contributed by atoms with Gasteiger partial charge in [-0.2, -0.15) is 0 Å². The number of carbonyl (C=O) groups excluding carboxylic acids is 1. The Bertz CT molecular complexity index is 1480. The van der Waals surface area contributed by atoms with E-state index in [-0.39, 0.29) is 16.6 Å². The summed E-state index contributed by atoms with van der Waals surface area (Å²) >= 11 is 0. The van der Waals surface area contributed by atoms with E-state index < -0.39 is 10.0 Å². The van der Waals surface area contributed by atoms with Crippen LogP contribution in [0.3, 0.4) is 0 Å². The summed E-state index contributed by atoms with van der Waals surface area (Å²) in [5, 5.41) is 3.80. The van der Waals surface area contributed by atoms with E-state index in [1.165, 1.54) is 19.2 Å². The van der Waals surface area contributed by atoms with Gasteiger partial charge in [0.05, 0.1) is 10.4 Å². The van der Waals surface area contributed by atoms with Crippen molar-refractivity contribution in [2.75, 3.05) is 13.6 Å². The molecule has 176 valence electrons. The molecule has 0 saturated heterocycles. The number of halogens is 1. The third-order valence-electron chi connectivity index (χ3n) is 5.98. The van der Waals surface area contributed by atoms with Crippen LogP contribution in [-0.2, 0) is 16.4 Å². The summed E-state index contributed by atoms with van der Waals surface area (Å²) in [4.78, 5) is 15.9. The van der Waals surface area contributed by atoms with Gasteiger partial charge in [-0.1, -0.05) is 30.3 Å². The lowest BCUT2D eigenvalue weighted by atomic mass is 10.0. The Labute approximate surface area is 198 Å². The molecule has 3 aromatic carbocycles. The van der Waals surface area contributed by atoms with E-state index in [2.05, 4.69) is 15.0 Å². The Morgan fingerprint density at radius 2 is 1.74 bits per heavy atom. The number of carbonyl (C=O) groups is 1. The summed E-state index contributed by atoms with van der Waals surface area (Å²) in [7, 11) is -2.17. The summed E-state index contributed by atoms with van der Waals surface area (Å²) in [6.45, 7) is 4.27. The first-order valence-electron chi connectivity index (χ1n) is 10.9. The largest absolute Gasteiger partial charge is 0.356 e. The first kappa shape index (κ1) is 23.7. The van der Waals surface area contributed by atoms with Crippen LogP contribution in [0.1, 0.15) is 27.2 Å². The van der Waals surface area contributed by atoms with Crippen molar-refractivity contribution >= 4 is 26.8 Å². The Balaban J connectivity index is 1.45. The standard InChI is InChI=1S/C26H26FN3O3S/c1-16-7-12-23(27)25-24(16)22(17(2)30-25)13-14-29-26(31)19-10-8-18(9-11-19)20-5-4-6-21(15-20)34(32,33)28-3/h4-12,15,28,30H,13-14H2,1-3H3,(H,29,31). The zero-order valence-corrected chi connectivity index (χ0v) is 20.0. The lowest BCUT2D eigenvalue weighted by molar-refractivity contribution is 0.0954. The predicted molar refractivity (Wildman–Crippen MR) is 132 cm³/mol. The van der Waals surface area contributed by atoms with E-state index in [9.17, 15) is 17.6 Å². The third-order valence-corrected chi connectivity index (χ3v) is 7.40. The lowest BCUT2D eigenvalue weighted by Crippen LogP contribution is -2.25. The molecule has 0 unspecified atom stereocenters.